The lowest BCUT2D eigenvalue weighted by atomic mass is 10.1. The van der Waals surface area contributed by atoms with Gasteiger partial charge in [-0.1, -0.05) is 73.5 Å². The summed E-state index contributed by atoms with van der Waals surface area (Å²) in [5.41, 5.74) is 1.00. The summed E-state index contributed by atoms with van der Waals surface area (Å²) in [6, 6.07) is 20.8. The molecule has 1 unspecified atom stereocenters. The Kier molecular flexibility index (Phi) is 10.8. The van der Waals surface area contributed by atoms with Crippen molar-refractivity contribution in [3.8, 4) is 5.75 Å². The quantitative estimate of drug-likeness (QED) is 0.295. The number of amides is 2. The summed E-state index contributed by atoms with van der Waals surface area (Å²) in [5, 5.41) is 3.06. The predicted octanol–water partition coefficient (Wildman–Crippen LogP) is 4.88. The van der Waals surface area contributed by atoms with Crippen LogP contribution in [0.4, 0.5) is 5.69 Å². The Morgan fingerprint density at radius 3 is 2.23 bits per heavy atom. The van der Waals surface area contributed by atoms with E-state index in [-0.39, 0.29) is 28.1 Å². The van der Waals surface area contributed by atoms with Crippen molar-refractivity contribution in [2.24, 2.45) is 0 Å². The van der Waals surface area contributed by atoms with Crippen LogP contribution in [0, 0.1) is 0 Å². The van der Waals surface area contributed by atoms with Crippen molar-refractivity contribution in [2.45, 2.75) is 44.2 Å². The number of rotatable bonds is 13. The lowest BCUT2D eigenvalue weighted by Gasteiger charge is -2.32. The Morgan fingerprint density at radius 2 is 1.64 bits per heavy atom. The molecule has 0 saturated carbocycles. The fourth-order valence-electron chi connectivity index (χ4n) is 3.96. The molecule has 8 nitrogen and oxygen atoms in total. The Hall–Kier alpha value is -3.56. The average Bonchev–Trinajstić information content (AvgIpc) is 2.95. The highest BCUT2D eigenvalue weighted by molar-refractivity contribution is 7.92. The molecule has 0 aliphatic carbocycles. The SMILES string of the molecule is CCCCNC(=O)C(C)N(Cc1ccccc1)C(=O)CN(c1ccc(OC)c(Cl)c1)S(=O)(=O)c1ccccc1. The van der Waals surface area contributed by atoms with Crippen molar-refractivity contribution in [2.75, 3.05) is 24.5 Å². The van der Waals surface area contributed by atoms with Crippen molar-refractivity contribution >= 4 is 39.1 Å². The molecule has 208 valence electrons. The molecule has 0 radical (unpaired) electrons. The van der Waals surface area contributed by atoms with Crippen LogP contribution in [0.3, 0.4) is 0 Å². The van der Waals surface area contributed by atoms with E-state index in [4.69, 9.17) is 16.3 Å². The van der Waals surface area contributed by atoms with Gasteiger partial charge in [-0.3, -0.25) is 13.9 Å². The number of carbonyl (C=O) groups excluding carboxylic acids is 2. The fraction of sp³-hybridized carbons (Fsp3) is 0.310. The Balaban J connectivity index is 2.01. The minimum atomic E-state index is -4.17. The van der Waals surface area contributed by atoms with Crippen LogP contribution >= 0.6 is 11.6 Å². The number of anilines is 1. The number of hydrogen-bond acceptors (Lipinski definition) is 5. The number of sulfonamides is 1. The van der Waals surface area contributed by atoms with E-state index >= 15 is 0 Å². The van der Waals surface area contributed by atoms with Gasteiger partial charge < -0.3 is 15.0 Å². The minimum absolute atomic E-state index is 0.0182. The van der Waals surface area contributed by atoms with Crippen LogP contribution in [0.15, 0.2) is 83.8 Å². The van der Waals surface area contributed by atoms with Crippen LogP contribution in [-0.2, 0) is 26.2 Å². The summed E-state index contributed by atoms with van der Waals surface area (Å²) in [4.78, 5) is 28.3. The van der Waals surface area contributed by atoms with Crippen molar-refractivity contribution in [3.05, 3.63) is 89.4 Å². The monoisotopic (exact) mass is 571 g/mol. The van der Waals surface area contributed by atoms with Gasteiger partial charge in [0.15, 0.2) is 0 Å². The van der Waals surface area contributed by atoms with Gasteiger partial charge in [0.05, 0.1) is 22.7 Å². The average molecular weight is 572 g/mol. The molecular formula is C29H34ClN3O5S. The highest BCUT2D eigenvalue weighted by Gasteiger charge is 2.32. The van der Waals surface area contributed by atoms with Crippen molar-refractivity contribution < 1.29 is 22.7 Å². The molecule has 2 amide bonds. The normalized spacial score (nSPS) is 11.9. The van der Waals surface area contributed by atoms with Crippen LogP contribution in [-0.4, -0.2) is 51.4 Å². The van der Waals surface area contributed by atoms with Crippen LogP contribution in [0.25, 0.3) is 0 Å². The minimum Gasteiger partial charge on any atom is -0.495 e. The van der Waals surface area contributed by atoms with E-state index in [0.29, 0.717) is 12.3 Å². The maximum Gasteiger partial charge on any atom is 0.264 e. The highest BCUT2D eigenvalue weighted by atomic mass is 35.5. The van der Waals surface area contributed by atoms with Gasteiger partial charge in [-0.15, -0.1) is 0 Å². The molecule has 3 aromatic rings. The zero-order chi connectivity index (χ0) is 28.4. The van der Waals surface area contributed by atoms with Gasteiger partial charge in [-0.2, -0.15) is 0 Å². The van der Waals surface area contributed by atoms with E-state index in [1.165, 1.54) is 36.3 Å². The summed E-state index contributed by atoms with van der Waals surface area (Å²) in [5.74, 6) is -0.479. The number of benzene rings is 3. The van der Waals surface area contributed by atoms with Crippen molar-refractivity contribution in [1.29, 1.82) is 0 Å². The van der Waals surface area contributed by atoms with Crippen molar-refractivity contribution in [3.63, 3.8) is 0 Å². The molecule has 0 aliphatic rings. The maximum absolute atomic E-state index is 13.9. The van der Waals surface area contributed by atoms with E-state index in [1.54, 1.807) is 31.2 Å². The van der Waals surface area contributed by atoms with E-state index in [0.717, 1.165) is 22.7 Å². The van der Waals surface area contributed by atoms with Gasteiger partial charge in [-0.05, 0) is 49.2 Å². The summed E-state index contributed by atoms with van der Waals surface area (Å²) < 4.78 is 33.8. The summed E-state index contributed by atoms with van der Waals surface area (Å²) in [7, 11) is -2.71. The molecule has 3 aromatic carbocycles. The molecule has 3 rings (SSSR count). The molecule has 1 atom stereocenters. The topological polar surface area (TPSA) is 96.0 Å². The summed E-state index contributed by atoms with van der Waals surface area (Å²) >= 11 is 6.33. The molecule has 0 bridgehead atoms. The molecule has 1 N–H and O–H groups in total. The zero-order valence-corrected chi connectivity index (χ0v) is 23.9. The van der Waals surface area contributed by atoms with E-state index in [9.17, 15) is 18.0 Å². The van der Waals surface area contributed by atoms with Gasteiger partial charge in [0.25, 0.3) is 10.0 Å². The smallest absolute Gasteiger partial charge is 0.264 e. The lowest BCUT2D eigenvalue weighted by Crippen LogP contribution is -2.51. The van der Waals surface area contributed by atoms with Crippen LogP contribution in [0.5, 0.6) is 5.75 Å². The molecule has 0 saturated heterocycles. The van der Waals surface area contributed by atoms with Gasteiger partial charge in [0, 0.05) is 13.1 Å². The first-order valence-corrected chi connectivity index (χ1v) is 14.5. The standard InChI is InChI=1S/C29H34ClN3O5S/c1-4-5-18-31-29(35)22(2)32(20-23-12-8-6-9-13-23)28(34)21-33(24-16-17-27(38-3)26(30)19-24)39(36,37)25-14-10-7-11-15-25/h6-17,19,22H,4-5,18,20-21H2,1-3H3,(H,31,35). The predicted molar refractivity (Wildman–Crippen MR) is 153 cm³/mol. The number of nitrogens with zero attached hydrogens (tertiary/aromatic N) is 2. The number of methoxy groups -OCH3 is 1. The van der Waals surface area contributed by atoms with Crippen molar-refractivity contribution in [1.82, 2.24) is 10.2 Å². The Bertz CT molecular complexity index is 1350. The van der Waals surface area contributed by atoms with E-state index in [2.05, 4.69) is 5.32 Å². The van der Waals surface area contributed by atoms with Crippen LogP contribution in [0.2, 0.25) is 5.02 Å². The third kappa shape index (κ3) is 7.74. The second-order valence-electron chi connectivity index (χ2n) is 8.97. The molecule has 0 spiro atoms. The third-order valence-corrected chi connectivity index (χ3v) is 8.31. The highest BCUT2D eigenvalue weighted by Crippen LogP contribution is 2.32. The first-order valence-electron chi connectivity index (χ1n) is 12.7. The van der Waals surface area contributed by atoms with E-state index < -0.39 is 28.5 Å². The molecule has 0 aliphatic heterocycles. The molecular weight excluding hydrogens is 538 g/mol. The second kappa shape index (κ2) is 14.0. The maximum atomic E-state index is 13.9. The number of unbranched alkanes of at least 4 members (excludes halogenated alkanes) is 1. The zero-order valence-electron chi connectivity index (χ0n) is 22.3. The first-order chi connectivity index (χ1) is 18.7. The number of hydrogen-bond donors (Lipinski definition) is 1. The number of nitrogens with one attached hydrogen (secondary N) is 1. The molecule has 0 fully saturated rings. The first kappa shape index (κ1) is 30.0. The molecule has 0 aromatic heterocycles. The summed E-state index contributed by atoms with van der Waals surface area (Å²) in [6.45, 7) is 3.74. The summed E-state index contributed by atoms with van der Waals surface area (Å²) in [6.07, 6.45) is 1.73. The lowest BCUT2D eigenvalue weighted by molar-refractivity contribution is -0.139. The van der Waals surface area contributed by atoms with Gasteiger partial charge >= 0.3 is 0 Å². The van der Waals surface area contributed by atoms with Gasteiger partial charge in [0.1, 0.15) is 18.3 Å². The number of halogens is 1. The third-order valence-electron chi connectivity index (χ3n) is 6.23. The Labute approximate surface area is 235 Å². The molecule has 39 heavy (non-hydrogen) atoms. The second-order valence-corrected chi connectivity index (χ2v) is 11.2. The fourth-order valence-corrected chi connectivity index (χ4v) is 5.64. The van der Waals surface area contributed by atoms with Gasteiger partial charge in [0.2, 0.25) is 11.8 Å². The Morgan fingerprint density at radius 1 is 1.00 bits per heavy atom. The number of carbonyl (C=O) groups is 2. The van der Waals surface area contributed by atoms with Gasteiger partial charge in [-0.25, -0.2) is 8.42 Å². The van der Waals surface area contributed by atoms with Crippen LogP contribution < -0.4 is 14.4 Å². The van der Waals surface area contributed by atoms with Crippen LogP contribution in [0.1, 0.15) is 32.3 Å². The number of ether oxygens (including phenoxy) is 1. The van der Waals surface area contributed by atoms with E-state index in [1.807, 2.05) is 37.3 Å². The molecule has 10 heteroatoms. The molecule has 0 heterocycles. The largest absolute Gasteiger partial charge is 0.495 e.